The molecule has 0 spiro atoms. The molecule has 12 heavy (non-hydrogen) atoms. The van der Waals surface area contributed by atoms with Gasteiger partial charge in [0.2, 0.25) is 0 Å². The zero-order valence-corrected chi connectivity index (χ0v) is 8.64. The zero-order chi connectivity index (χ0) is 8.77. The van der Waals surface area contributed by atoms with Crippen molar-refractivity contribution in [1.29, 1.82) is 0 Å². The van der Waals surface area contributed by atoms with Gasteiger partial charge >= 0.3 is 0 Å². The highest BCUT2D eigenvalue weighted by Crippen LogP contribution is 2.50. The first-order valence-corrected chi connectivity index (χ1v) is 5.31. The van der Waals surface area contributed by atoms with E-state index in [1.54, 1.807) is 0 Å². The van der Waals surface area contributed by atoms with Crippen molar-refractivity contribution >= 4 is 0 Å². The van der Waals surface area contributed by atoms with Crippen molar-refractivity contribution in [1.82, 2.24) is 4.90 Å². The van der Waals surface area contributed by atoms with Crippen LogP contribution in [0.15, 0.2) is 0 Å². The van der Waals surface area contributed by atoms with Gasteiger partial charge < -0.3 is 4.90 Å². The number of hydrogen-bond donors (Lipinski definition) is 0. The maximum atomic E-state index is 2.50. The highest BCUT2D eigenvalue weighted by Gasteiger charge is 2.44. The first-order valence-electron chi connectivity index (χ1n) is 5.31. The summed E-state index contributed by atoms with van der Waals surface area (Å²) in [5.41, 5.74) is 0.691. The molecule has 70 valence electrons. The van der Waals surface area contributed by atoms with E-state index in [1.807, 2.05) is 0 Å². The summed E-state index contributed by atoms with van der Waals surface area (Å²) in [4.78, 5) is 2.50. The average Bonchev–Trinajstić information content (AvgIpc) is 2.42. The Labute approximate surface area is 76.1 Å². The number of hydrogen-bond acceptors (Lipinski definition) is 1. The van der Waals surface area contributed by atoms with Crippen LogP contribution in [0.25, 0.3) is 0 Å². The van der Waals surface area contributed by atoms with Gasteiger partial charge in [-0.3, -0.25) is 0 Å². The number of nitrogens with zero attached hydrogens (tertiary/aromatic N) is 1. The molecule has 1 nitrogen and oxygen atoms in total. The highest BCUT2D eigenvalue weighted by molar-refractivity contribution is 4.96. The molecule has 2 rings (SSSR count). The Kier molecular flexibility index (Phi) is 1.95. The lowest BCUT2D eigenvalue weighted by molar-refractivity contribution is 0.264. The summed E-state index contributed by atoms with van der Waals surface area (Å²) in [6.45, 7) is 7.55. The highest BCUT2D eigenvalue weighted by atomic mass is 15.1. The SMILES string of the molecule is CCC1(C)CC2CN(C)CC2C1. The predicted molar refractivity (Wildman–Crippen MR) is 52.1 cm³/mol. The number of rotatable bonds is 1. The van der Waals surface area contributed by atoms with Gasteiger partial charge in [-0.05, 0) is 37.1 Å². The molecule has 1 aliphatic heterocycles. The fraction of sp³-hybridized carbons (Fsp3) is 1.00. The summed E-state index contributed by atoms with van der Waals surface area (Å²) in [5.74, 6) is 2.06. The monoisotopic (exact) mass is 167 g/mol. The molecule has 0 N–H and O–H groups in total. The van der Waals surface area contributed by atoms with E-state index >= 15 is 0 Å². The minimum Gasteiger partial charge on any atom is -0.306 e. The van der Waals surface area contributed by atoms with Crippen molar-refractivity contribution in [2.24, 2.45) is 17.3 Å². The minimum absolute atomic E-state index is 0.691. The Morgan fingerprint density at radius 2 is 1.75 bits per heavy atom. The maximum Gasteiger partial charge on any atom is 0.00101 e. The molecule has 0 amide bonds. The Morgan fingerprint density at radius 1 is 1.25 bits per heavy atom. The largest absolute Gasteiger partial charge is 0.306 e. The lowest BCUT2D eigenvalue weighted by Crippen LogP contribution is -2.20. The first kappa shape index (κ1) is 8.55. The van der Waals surface area contributed by atoms with Gasteiger partial charge in [-0.1, -0.05) is 20.3 Å². The predicted octanol–water partition coefficient (Wildman–Crippen LogP) is 2.37. The van der Waals surface area contributed by atoms with Crippen LogP contribution < -0.4 is 0 Å². The zero-order valence-electron chi connectivity index (χ0n) is 8.64. The normalized spacial score (nSPS) is 48.2. The Balaban J connectivity index is 2.02. The molecule has 0 radical (unpaired) electrons. The van der Waals surface area contributed by atoms with Crippen molar-refractivity contribution in [2.45, 2.75) is 33.1 Å². The van der Waals surface area contributed by atoms with Crippen LogP contribution in [0.2, 0.25) is 0 Å². The molecule has 1 aliphatic carbocycles. The summed E-state index contributed by atoms with van der Waals surface area (Å²) in [6.07, 6.45) is 4.35. The van der Waals surface area contributed by atoms with Crippen LogP contribution >= 0.6 is 0 Å². The van der Waals surface area contributed by atoms with Crippen molar-refractivity contribution in [3.05, 3.63) is 0 Å². The van der Waals surface area contributed by atoms with Crippen LogP contribution in [-0.2, 0) is 0 Å². The van der Waals surface area contributed by atoms with Crippen molar-refractivity contribution in [3.8, 4) is 0 Å². The van der Waals surface area contributed by atoms with E-state index in [2.05, 4.69) is 25.8 Å². The third kappa shape index (κ3) is 1.28. The van der Waals surface area contributed by atoms with Gasteiger partial charge in [0.05, 0.1) is 0 Å². The van der Waals surface area contributed by atoms with E-state index in [-0.39, 0.29) is 0 Å². The maximum absolute atomic E-state index is 2.50. The van der Waals surface area contributed by atoms with Crippen LogP contribution in [0.3, 0.4) is 0 Å². The second-order valence-electron chi connectivity index (χ2n) is 5.31. The fourth-order valence-corrected chi connectivity index (χ4v) is 3.27. The molecule has 0 bridgehead atoms. The lowest BCUT2D eigenvalue weighted by Gasteiger charge is -2.24. The van der Waals surface area contributed by atoms with Crippen molar-refractivity contribution in [2.75, 3.05) is 20.1 Å². The van der Waals surface area contributed by atoms with Gasteiger partial charge in [0.1, 0.15) is 0 Å². The molecule has 0 aromatic carbocycles. The topological polar surface area (TPSA) is 3.24 Å². The van der Waals surface area contributed by atoms with Gasteiger partial charge in [-0.25, -0.2) is 0 Å². The Morgan fingerprint density at radius 3 is 2.17 bits per heavy atom. The van der Waals surface area contributed by atoms with Crippen LogP contribution in [-0.4, -0.2) is 25.0 Å². The third-order valence-electron chi connectivity index (χ3n) is 4.12. The fourth-order valence-electron chi connectivity index (χ4n) is 3.27. The molecule has 0 aromatic rings. The summed E-state index contributed by atoms with van der Waals surface area (Å²) < 4.78 is 0. The average molecular weight is 167 g/mol. The standard InChI is InChI=1S/C11H21N/c1-4-11(2)5-9-7-12(3)8-10(9)6-11/h9-10H,4-8H2,1-3H3. The van der Waals surface area contributed by atoms with E-state index in [9.17, 15) is 0 Å². The second kappa shape index (κ2) is 2.73. The smallest absolute Gasteiger partial charge is 0.00101 e. The molecule has 2 unspecified atom stereocenters. The molecule has 1 heteroatoms. The first-order chi connectivity index (χ1) is 5.63. The summed E-state index contributed by atoms with van der Waals surface area (Å²) in [5, 5.41) is 0. The molecule has 2 aliphatic rings. The second-order valence-corrected chi connectivity index (χ2v) is 5.31. The minimum atomic E-state index is 0.691. The van der Waals surface area contributed by atoms with E-state index in [1.165, 1.54) is 32.4 Å². The summed E-state index contributed by atoms with van der Waals surface area (Å²) in [7, 11) is 2.27. The van der Waals surface area contributed by atoms with E-state index in [0.29, 0.717) is 5.41 Å². The van der Waals surface area contributed by atoms with Gasteiger partial charge in [0.15, 0.2) is 0 Å². The molecule has 2 atom stereocenters. The quantitative estimate of drug-likeness (QED) is 0.579. The van der Waals surface area contributed by atoms with E-state index in [0.717, 1.165) is 11.8 Å². The lowest BCUT2D eigenvalue weighted by atomic mass is 9.84. The Bertz CT molecular complexity index is 162. The van der Waals surface area contributed by atoms with Crippen LogP contribution in [0, 0.1) is 17.3 Å². The molecule has 1 heterocycles. The number of likely N-dealkylation sites (tertiary alicyclic amines) is 1. The molecule has 1 saturated carbocycles. The van der Waals surface area contributed by atoms with E-state index < -0.39 is 0 Å². The van der Waals surface area contributed by atoms with Crippen LogP contribution in [0.1, 0.15) is 33.1 Å². The van der Waals surface area contributed by atoms with Gasteiger partial charge in [0, 0.05) is 13.1 Å². The molecular weight excluding hydrogens is 146 g/mol. The van der Waals surface area contributed by atoms with Gasteiger partial charge in [0.25, 0.3) is 0 Å². The summed E-state index contributed by atoms with van der Waals surface area (Å²) >= 11 is 0. The molecule has 2 fully saturated rings. The van der Waals surface area contributed by atoms with Gasteiger partial charge in [-0.2, -0.15) is 0 Å². The van der Waals surface area contributed by atoms with Crippen molar-refractivity contribution in [3.63, 3.8) is 0 Å². The van der Waals surface area contributed by atoms with Crippen molar-refractivity contribution < 1.29 is 0 Å². The van der Waals surface area contributed by atoms with Crippen LogP contribution in [0.5, 0.6) is 0 Å². The van der Waals surface area contributed by atoms with E-state index in [4.69, 9.17) is 0 Å². The molecular formula is C11H21N. The summed E-state index contributed by atoms with van der Waals surface area (Å²) in [6, 6.07) is 0. The molecule has 1 saturated heterocycles. The van der Waals surface area contributed by atoms with Gasteiger partial charge in [-0.15, -0.1) is 0 Å². The Hall–Kier alpha value is -0.0400. The van der Waals surface area contributed by atoms with Crippen LogP contribution in [0.4, 0.5) is 0 Å². The molecule has 0 aromatic heterocycles. The number of fused-ring (bicyclic) bond motifs is 1. The third-order valence-corrected chi connectivity index (χ3v) is 4.12.